The predicted molar refractivity (Wildman–Crippen MR) is 75.4 cm³/mol. The smallest absolute Gasteiger partial charge is 0.0990 e. The lowest BCUT2D eigenvalue weighted by Crippen LogP contribution is -2.49. The average Bonchev–Trinajstić information content (AvgIpc) is 3.22. The standard InChI is InChI=1S/C15H21N3/c1-12-3-2-4-14(11-12)17-7-9-18(10-8-17)15(16)13-5-6-13/h2-4,11,13,16H,5-10H2,1H3. The van der Waals surface area contributed by atoms with Gasteiger partial charge in [0.25, 0.3) is 0 Å². The monoisotopic (exact) mass is 243 g/mol. The minimum atomic E-state index is 0.579. The average molecular weight is 243 g/mol. The minimum absolute atomic E-state index is 0.579. The normalized spacial score (nSPS) is 20.1. The van der Waals surface area contributed by atoms with Crippen molar-refractivity contribution in [1.29, 1.82) is 5.41 Å². The van der Waals surface area contributed by atoms with Gasteiger partial charge in [-0.3, -0.25) is 5.41 Å². The highest BCUT2D eigenvalue weighted by Crippen LogP contribution is 2.31. The Morgan fingerprint density at radius 3 is 2.50 bits per heavy atom. The predicted octanol–water partition coefficient (Wildman–Crippen LogP) is 2.50. The fourth-order valence-electron chi connectivity index (χ4n) is 2.65. The first-order chi connectivity index (χ1) is 8.74. The van der Waals surface area contributed by atoms with Crippen LogP contribution >= 0.6 is 0 Å². The first kappa shape index (κ1) is 11.6. The second-order valence-electron chi connectivity index (χ2n) is 5.47. The molecule has 1 saturated heterocycles. The minimum Gasteiger partial charge on any atom is -0.368 e. The Bertz CT molecular complexity index is 443. The van der Waals surface area contributed by atoms with E-state index in [1.54, 1.807) is 0 Å². The van der Waals surface area contributed by atoms with Gasteiger partial charge in [-0.05, 0) is 37.5 Å². The van der Waals surface area contributed by atoms with Gasteiger partial charge in [-0.1, -0.05) is 12.1 Å². The fourth-order valence-corrected chi connectivity index (χ4v) is 2.65. The molecule has 3 nitrogen and oxygen atoms in total. The molecule has 2 fully saturated rings. The summed E-state index contributed by atoms with van der Waals surface area (Å²) in [6.45, 7) is 6.23. The molecule has 1 N–H and O–H groups in total. The summed E-state index contributed by atoms with van der Waals surface area (Å²) in [5.74, 6) is 1.47. The molecular formula is C15H21N3. The van der Waals surface area contributed by atoms with Crippen LogP contribution in [0, 0.1) is 18.3 Å². The van der Waals surface area contributed by atoms with Crippen molar-refractivity contribution in [2.24, 2.45) is 5.92 Å². The lowest BCUT2D eigenvalue weighted by Gasteiger charge is -2.37. The lowest BCUT2D eigenvalue weighted by molar-refractivity contribution is 0.374. The zero-order chi connectivity index (χ0) is 12.5. The van der Waals surface area contributed by atoms with E-state index >= 15 is 0 Å². The van der Waals surface area contributed by atoms with Gasteiger partial charge in [0.1, 0.15) is 0 Å². The highest BCUT2D eigenvalue weighted by molar-refractivity contribution is 5.84. The Labute approximate surface area is 109 Å². The van der Waals surface area contributed by atoms with Gasteiger partial charge >= 0.3 is 0 Å². The Morgan fingerprint density at radius 2 is 1.89 bits per heavy atom. The molecule has 1 aromatic carbocycles. The first-order valence-electron chi connectivity index (χ1n) is 6.89. The van der Waals surface area contributed by atoms with Gasteiger partial charge in [0.15, 0.2) is 0 Å². The molecule has 0 radical (unpaired) electrons. The van der Waals surface area contributed by atoms with E-state index in [-0.39, 0.29) is 0 Å². The van der Waals surface area contributed by atoms with E-state index in [9.17, 15) is 0 Å². The van der Waals surface area contributed by atoms with E-state index in [1.807, 2.05) is 0 Å². The third-order valence-electron chi connectivity index (χ3n) is 3.95. The van der Waals surface area contributed by atoms with Gasteiger partial charge in [-0.15, -0.1) is 0 Å². The van der Waals surface area contributed by atoms with Crippen LogP contribution in [0.5, 0.6) is 0 Å². The third-order valence-corrected chi connectivity index (χ3v) is 3.95. The van der Waals surface area contributed by atoms with Crippen molar-refractivity contribution in [1.82, 2.24) is 4.90 Å². The van der Waals surface area contributed by atoms with E-state index in [2.05, 4.69) is 41.0 Å². The Hall–Kier alpha value is -1.51. The molecule has 1 aliphatic carbocycles. The molecule has 18 heavy (non-hydrogen) atoms. The molecule has 2 aliphatic rings. The number of nitrogens with one attached hydrogen (secondary N) is 1. The van der Waals surface area contributed by atoms with Crippen LogP contribution in [0.1, 0.15) is 18.4 Å². The Balaban J connectivity index is 1.61. The van der Waals surface area contributed by atoms with Crippen molar-refractivity contribution in [3.8, 4) is 0 Å². The van der Waals surface area contributed by atoms with Crippen LogP contribution in [0.3, 0.4) is 0 Å². The molecule has 0 bridgehead atoms. The van der Waals surface area contributed by atoms with Crippen LogP contribution in [-0.4, -0.2) is 36.9 Å². The maximum atomic E-state index is 8.11. The van der Waals surface area contributed by atoms with E-state index in [0.717, 1.165) is 32.0 Å². The van der Waals surface area contributed by atoms with Gasteiger partial charge < -0.3 is 9.80 Å². The Morgan fingerprint density at radius 1 is 1.17 bits per heavy atom. The number of amidine groups is 1. The Kier molecular flexibility index (Phi) is 2.98. The van der Waals surface area contributed by atoms with Gasteiger partial charge in [0.2, 0.25) is 0 Å². The van der Waals surface area contributed by atoms with Gasteiger partial charge in [-0.25, -0.2) is 0 Å². The van der Waals surface area contributed by atoms with Crippen molar-refractivity contribution in [3.63, 3.8) is 0 Å². The van der Waals surface area contributed by atoms with Gasteiger partial charge in [-0.2, -0.15) is 0 Å². The molecule has 96 valence electrons. The summed E-state index contributed by atoms with van der Waals surface area (Å²) in [5.41, 5.74) is 2.65. The second-order valence-corrected chi connectivity index (χ2v) is 5.47. The zero-order valence-corrected chi connectivity index (χ0v) is 11.0. The van der Waals surface area contributed by atoms with Crippen molar-refractivity contribution < 1.29 is 0 Å². The number of aryl methyl sites for hydroxylation is 1. The molecule has 1 aromatic rings. The molecule has 1 heterocycles. The summed E-state index contributed by atoms with van der Waals surface area (Å²) < 4.78 is 0. The van der Waals surface area contributed by atoms with Crippen LogP contribution < -0.4 is 4.90 Å². The zero-order valence-electron chi connectivity index (χ0n) is 11.0. The molecular weight excluding hydrogens is 222 g/mol. The van der Waals surface area contributed by atoms with Crippen LogP contribution in [0.25, 0.3) is 0 Å². The number of rotatable bonds is 2. The van der Waals surface area contributed by atoms with Crippen LogP contribution in [0.2, 0.25) is 0 Å². The number of hydrogen-bond donors (Lipinski definition) is 1. The topological polar surface area (TPSA) is 30.3 Å². The summed E-state index contributed by atoms with van der Waals surface area (Å²) in [6.07, 6.45) is 2.47. The first-order valence-corrected chi connectivity index (χ1v) is 6.89. The van der Waals surface area contributed by atoms with E-state index < -0.39 is 0 Å². The highest BCUT2D eigenvalue weighted by atomic mass is 15.3. The number of hydrogen-bond acceptors (Lipinski definition) is 2. The largest absolute Gasteiger partial charge is 0.368 e. The molecule has 0 amide bonds. The highest BCUT2D eigenvalue weighted by Gasteiger charge is 2.31. The quantitative estimate of drug-likeness (QED) is 0.639. The van der Waals surface area contributed by atoms with Crippen molar-refractivity contribution in [2.45, 2.75) is 19.8 Å². The fraction of sp³-hybridized carbons (Fsp3) is 0.533. The maximum absolute atomic E-state index is 8.11. The summed E-state index contributed by atoms with van der Waals surface area (Å²) in [5, 5.41) is 8.11. The lowest BCUT2D eigenvalue weighted by atomic mass is 10.2. The summed E-state index contributed by atoms with van der Waals surface area (Å²) in [7, 11) is 0. The number of benzene rings is 1. The molecule has 3 heteroatoms. The number of piperazine rings is 1. The molecule has 3 rings (SSSR count). The number of anilines is 1. The third kappa shape index (κ3) is 2.35. The maximum Gasteiger partial charge on any atom is 0.0990 e. The second kappa shape index (κ2) is 4.63. The molecule has 0 atom stereocenters. The molecule has 0 unspecified atom stereocenters. The van der Waals surface area contributed by atoms with Gasteiger partial charge in [0, 0.05) is 37.8 Å². The van der Waals surface area contributed by atoms with Crippen LogP contribution in [0.15, 0.2) is 24.3 Å². The summed E-state index contributed by atoms with van der Waals surface area (Å²) in [4.78, 5) is 4.70. The molecule has 1 saturated carbocycles. The van der Waals surface area contributed by atoms with Crippen molar-refractivity contribution >= 4 is 11.5 Å². The van der Waals surface area contributed by atoms with Crippen LogP contribution in [-0.2, 0) is 0 Å². The molecule has 0 aromatic heterocycles. The summed E-state index contributed by atoms with van der Waals surface area (Å²) >= 11 is 0. The number of nitrogens with zero attached hydrogens (tertiary/aromatic N) is 2. The van der Waals surface area contributed by atoms with E-state index in [4.69, 9.17) is 5.41 Å². The van der Waals surface area contributed by atoms with E-state index in [0.29, 0.717) is 5.92 Å². The van der Waals surface area contributed by atoms with Gasteiger partial charge in [0.05, 0.1) is 5.84 Å². The molecule has 1 aliphatic heterocycles. The van der Waals surface area contributed by atoms with Crippen molar-refractivity contribution in [2.75, 3.05) is 31.1 Å². The van der Waals surface area contributed by atoms with Crippen molar-refractivity contribution in [3.05, 3.63) is 29.8 Å². The van der Waals surface area contributed by atoms with Crippen LogP contribution in [0.4, 0.5) is 5.69 Å². The SMILES string of the molecule is Cc1cccc(N2CCN(C(=N)C3CC3)CC2)c1. The summed E-state index contributed by atoms with van der Waals surface area (Å²) in [6, 6.07) is 8.71. The molecule has 0 spiro atoms. The van der Waals surface area contributed by atoms with E-state index in [1.165, 1.54) is 24.1 Å².